The van der Waals surface area contributed by atoms with E-state index in [1.807, 2.05) is 0 Å². The Bertz CT molecular complexity index is 268. The number of nitrogens with two attached hydrogens (primary N) is 1. The lowest BCUT2D eigenvalue weighted by Crippen LogP contribution is -2.36. The fourth-order valence-electron chi connectivity index (χ4n) is 3.36. The zero-order valence-corrected chi connectivity index (χ0v) is 11.3. The minimum absolute atomic E-state index is 0.0402. The number of rotatable bonds is 4. The van der Waals surface area contributed by atoms with Crippen molar-refractivity contribution < 1.29 is 17.9 Å². The van der Waals surface area contributed by atoms with Crippen molar-refractivity contribution in [2.75, 3.05) is 6.61 Å². The van der Waals surface area contributed by atoms with Gasteiger partial charge in [0.25, 0.3) is 0 Å². The van der Waals surface area contributed by atoms with Crippen molar-refractivity contribution in [3.63, 3.8) is 0 Å². The first-order chi connectivity index (χ1) is 8.97. The van der Waals surface area contributed by atoms with E-state index in [1.165, 1.54) is 0 Å². The molecule has 112 valence electrons. The van der Waals surface area contributed by atoms with Gasteiger partial charge in [-0.1, -0.05) is 0 Å². The predicted octanol–water partition coefficient (Wildman–Crippen LogP) is 3.64. The van der Waals surface area contributed by atoms with Crippen LogP contribution in [0.2, 0.25) is 0 Å². The van der Waals surface area contributed by atoms with Crippen LogP contribution in [0.25, 0.3) is 0 Å². The lowest BCUT2D eigenvalue weighted by molar-refractivity contribution is -0.184. The first kappa shape index (κ1) is 15.1. The molecule has 1 aliphatic carbocycles. The summed E-state index contributed by atoms with van der Waals surface area (Å²) < 4.78 is 43.3. The van der Waals surface area contributed by atoms with Crippen LogP contribution in [0.4, 0.5) is 13.2 Å². The Balaban J connectivity index is 1.68. The first-order valence-electron chi connectivity index (χ1n) is 7.40. The molecule has 5 heteroatoms. The molecule has 19 heavy (non-hydrogen) atoms. The lowest BCUT2D eigenvalue weighted by Gasteiger charge is -2.33. The van der Waals surface area contributed by atoms with Crippen LogP contribution in [0, 0.1) is 11.8 Å². The maximum Gasteiger partial charge on any atom is 0.391 e. The molecule has 0 amide bonds. The van der Waals surface area contributed by atoms with Crippen molar-refractivity contribution in [2.45, 2.75) is 69.7 Å². The predicted molar refractivity (Wildman–Crippen MR) is 67.7 cm³/mol. The molecule has 0 radical (unpaired) electrons. The molecule has 2 unspecified atom stereocenters. The average molecular weight is 279 g/mol. The molecule has 0 bridgehead atoms. The molecule has 1 saturated heterocycles. The number of alkyl halides is 3. The third-order valence-electron chi connectivity index (χ3n) is 4.69. The topological polar surface area (TPSA) is 35.2 Å². The van der Waals surface area contributed by atoms with Crippen molar-refractivity contribution in [1.82, 2.24) is 0 Å². The van der Waals surface area contributed by atoms with Gasteiger partial charge >= 0.3 is 6.18 Å². The van der Waals surface area contributed by atoms with Gasteiger partial charge < -0.3 is 10.5 Å². The summed E-state index contributed by atoms with van der Waals surface area (Å²) in [5.74, 6) is -0.839. The van der Waals surface area contributed by atoms with Crippen molar-refractivity contribution in [2.24, 2.45) is 17.6 Å². The van der Waals surface area contributed by atoms with Gasteiger partial charge in [0.05, 0.1) is 12.0 Å². The largest absolute Gasteiger partial charge is 0.391 e. The molecule has 2 aliphatic rings. The van der Waals surface area contributed by atoms with Crippen LogP contribution in [0.1, 0.15) is 51.4 Å². The smallest absolute Gasteiger partial charge is 0.378 e. The van der Waals surface area contributed by atoms with Gasteiger partial charge in [-0.05, 0) is 57.3 Å². The minimum Gasteiger partial charge on any atom is -0.378 e. The van der Waals surface area contributed by atoms with Crippen LogP contribution in [0.5, 0.6) is 0 Å². The van der Waals surface area contributed by atoms with E-state index >= 15 is 0 Å². The van der Waals surface area contributed by atoms with Gasteiger partial charge in [-0.3, -0.25) is 0 Å². The highest BCUT2D eigenvalue weighted by atomic mass is 19.4. The molecule has 2 rings (SSSR count). The quantitative estimate of drug-likeness (QED) is 0.852. The van der Waals surface area contributed by atoms with Crippen LogP contribution >= 0.6 is 0 Å². The maximum atomic E-state index is 12.6. The molecule has 0 aromatic heterocycles. The van der Waals surface area contributed by atoms with Crippen molar-refractivity contribution in [1.29, 1.82) is 0 Å². The van der Waals surface area contributed by atoms with Crippen molar-refractivity contribution >= 4 is 0 Å². The number of hydrogen-bond acceptors (Lipinski definition) is 2. The molecule has 0 aromatic carbocycles. The normalized spacial score (nSPS) is 34.4. The molecule has 1 saturated carbocycles. The average Bonchev–Trinajstić information content (AvgIpc) is 2.88. The fraction of sp³-hybridized carbons (Fsp3) is 1.00. The second kappa shape index (κ2) is 6.44. The van der Waals surface area contributed by atoms with Gasteiger partial charge in [0.2, 0.25) is 0 Å². The summed E-state index contributed by atoms with van der Waals surface area (Å²) in [7, 11) is 0. The molecule has 2 nitrogen and oxygen atoms in total. The second-order valence-electron chi connectivity index (χ2n) is 6.03. The molecule has 0 spiro atoms. The van der Waals surface area contributed by atoms with Gasteiger partial charge in [0.15, 0.2) is 0 Å². The van der Waals surface area contributed by atoms with E-state index in [4.69, 9.17) is 10.5 Å². The zero-order valence-electron chi connectivity index (χ0n) is 11.3. The van der Waals surface area contributed by atoms with E-state index in [9.17, 15) is 13.2 Å². The Morgan fingerprint density at radius 3 is 2.32 bits per heavy atom. The maximum absolute atomic E-state index is 12.6. The first-order valence-corrected chi connectivity index (χ1v) is 7.40. The van der Waals surface area contributed by atoms with Gasteiger partial charge in [0, 0.05) is 12.6 Å². The molecule has 2 atom stereocenters. The van der Waals surface area contributed by atoms with Crippen LogP contribution < -0.4 is 5.73 Å². The number of hydrogen-bond donors (Lipinski definition) is 1. The van der Waals surface area contributed by atoms with E-state index in [2.05, 4.69) is 0 Å². The Hall–Kier alpha value is -0.290. The summed E-state index contributed by atoms with van der Waals surface area (Å²) in [6.45, 7) is 0.844. The monoisotopic (exact) mass is 279 g/mol. The second-order valence-corrected chi connectivity index (χ2v) is 6.03. The van der Waals surface area contributed by atoms with E-state index in [0.717, 1.165) is 32.3 Å². The number of halogens is 3. The molecule has 2 fully saturated rings. The van der Waals surface area contributed by atoms with Crippen molar-refractivity contribution in [3.05, 3.63) is 0 Å². The van der Waals surface area contributed by atoms with Gasteiger partial charge in [0.1, 0.15) is 0 Å². The Kier molecular flexibility index (Phi) is 5.12. The molecule has 1 aliphatic heterocycles. The number of ether oxygens (including phenoxy) is 1. The van der Waals surface area contributed by atoms with Crippen LogP contribution in [0.15, 0.2) is 0 Å². The van der Waals surface area contributed by atoms with Crippen LogP contribution in [-0.4, -0.2) is 24.9 Å². The van der Waals surface area contributed by atoms with Crippen molar-refractivity contribution in [3.8, 4) is 0 Å². The zero-order chi connectivity index (χ0) is 13.9. The van der Waals surface area contributed by atoms with Gasteiger partial charge in [-0.25, -0.2) is 0 Å². The third kappa shape index (κ3) is 4.35. The van der Waals surface area contributed by atoms with E-state index < -0.39 is 12.1 Å². The summed E-state index contributed by atoms with van der Waals surface area (Å²) in [5, 5.41) is 0. The van der Waals surface area contributed by atoms with Gasteiger partial charge in [-0.2, -0.15) is 13.2 Å². The minimum atomic E-state index is -4.02. The standard InChI is InChI=1S/C14H24F3NO/c15-14(16,17)11-5-3-10(4-6-11)13(18)8-7-12-2-1-9-19-12/h10-13H,1-9,18H2. The molecular weight excluding hydrogens is 255 g/mol. The highest BCUT2D eigenvalue weighted by molar-refractivity contribution is 4.83. The van der Waals surface area contributed by atoms with E-state index in [0.29, 0.717) is 18.9 Å². The lowest BCUT2D eigenvalue weighted by atomic mass is 9.77. The Morgan fingerprint density at radius 1 is 1.11 bits per heavy atom. The molecule has 2 N–H and O–H groups in total. The molecule has 0 aromatic rings. The summed E-state index contributed by atoms with van der Waals surface area (Å²) in [5.41, 5.74) is 6.14. The molecular formula is C14H24F3NO. The highest BCUT2D eigenvalue weighted by Crippen LogP contribution is 2.40. The van der Waals surface area contributed by atoms with E-state index in [1.54, 1.807) is 0 Å². The third-order valence-corrected chi connectivity index (χ3v) is 4.69. The summed E-state index contributed by atoms with van der Waals surface area (Å²) in [4.78, 5) is 0. The summed E-state index contributed by atoms with van der Waals surface area (Å²) in [6, 6.07) is 0.0402. The Labute approximate surface area is 112 Å². The fourth-order valence-corrected chi connectivity index (χ4v) is 3.36. The SMILES string of the molecule is NC(CCC1CCCO1)C1CCC(C(F)(F)F)CC1. The van der Waals surface area contributed by atoms with Crippen LogP contribution in [0.3, 0.4) is 0 Å². The summed E-state index contributed by atoms with van der Waals surface area (Å²) >= 11 is 0. The van der Waals surface area contributed by atoms with E-state index in [-0.39, 0.29) is 24.8 Å². The molecule has 1 heterocycles. The Morgan fingerprint density at radius 2 is 1.79 bits per heavy atom. The summed E-state index contributed by atoms with van der Waals surface area (Å²) in [6.07, 6.45) is 2.12. The highest BCUT2D eigenvalue weighted by Gasteiger charge is 2.42. The van der Waals surface area contributed by atoms with Gasteiger partial charge in [-0.15, -0.1) is 0 Å². The van der Waals surface area contributed by atoms with Crippen LogP contribution in [-0.2, 0) is 4.74 Å².